The van der Waals surface area contributed by atoms with Gasteiger partial charge in [-0.1, -0.05) is 6.07 Å². The molecule has 2 aromatic carbocycles. The fourth-order valence-corrected chi connectivity index (χ4v) is 2.57. The first kappa shape index (κ1) is 13.6. The van der Waals surface area contributed by atoms with Gasteiger partial charge < -0.3 is 19.5 Å². The highest BCUT2D eigenvalue weighted by Gasteiger charge is 2.19. The van der Waals surface area contributed by atoms with E-state index in [0.29, 0.717) is 18.0 Å². The number of benzene rings is 2. The zero-order valence-electron chi connectivity index (χ0n) is 12.5. The van der Waals surface area contributed by atoms with Gasteiger partial charge in [-0.15, -0.1) is 0 Å². The van der Waals surface area contributed by atoms with Crippen LogP contribution in [-0.2, 0) is 6.54 Å². The first-order valence-electron chi connectivity index (χ1n) is 6.94. The molecule has 0 fully saturated rings. The third-order valence-corrected chi connectivity index (χ3v) is 3.44. The molecule has 0 radical (unpaired) electrons. The summed E-state index contributed by atoms with van der Waals surface area (Å²) in [6.45, 7) is 5.15. The summed E-state index contributed by atoms with van der Waals surface area (Å²) in [7, 11) is 1.64. The molecular weight excluding hydrogens is 266 g/mol. The molecule has 1 heterocycles. The van der Waals surface area contributed by atoms with Gasteiger partial charge in [-0.25, -0.2) is 0 Å². The predicted molar refractivity (Wildman–Crippen MR) is 82.4 cm³/mol. The van der Waals surface area contributed by atoms with Crippen molar-refractivity contribution in [2.24, 2.45) is 0 Å². The molecule has 1 aliphatic heterocycles. The summed E-state index contributed by atoms with van der Waals surface area (Å²) in [6, 6.07) is 10.4. The second-order valence-corrected chi connectivity index (χ2v) is 5.26. The average Bonchev–Trinajstić information content (AvgIpc) is 2.91. The molecule has 2 aromatic rings. The number of aryl methyl sites for hydroxylation is 2. The zero-order chi connectivity index (χ0) is 14.8. The molecule has 0 saturated heterocycles. The number of nitrogens with one attached hydrogen (secondary N) is 1. The van der Waals surface area contributed by atoms with E-state index < -0.39 is 0 Å². The Bertz CT molecular complexity index is 647. The largest absolute Gasteiger partial charge is 0.493 e. The van der Waals surface area contributed by atoms with Gasteiger partial charge in [0.15, 0.2) is 11.5 Å². The molecule has 1 aliphatic rings. The SMILES string of the molecule is COc1cc(CNc2cc(C)cc(C)c2)cc2c1OCO2. The Balaban J connectivity index is 1.79. The van der Waals surface area contributed by atoms with E-state index in [1.54, 1.807) is 7.11 Å². The Morgan fingerprint density at radius 2 is 1.81 bits per heavy atom. The summed E-state index contributed by atoms with van der Waals surface area (Å²) in [5.41, 5.74) is 4.71. The first-order valence-corrected chi connectivity index (χ1v) is 6.94. The number of fused-ring (bicyclic) bond motifs is 1. The normalized spacial score (nSPS) is 12.3. The number of rotatable bonds is 4. The zero-order valence-corrected chi connectivity index (χ0v) is 12.5. The Kier molecular flexibility index (Phi) is 3.60. The van der Waals surface area contributed by atoms with Crippen molar-refractivity contribution in [2.75, 3.05) is 19.2 Å². The molecule has 0 bridgehead atoms. The monoisotopic (exact) mass is 285 g/mol. The number of anilines is 1. The topological polar surface area (TPSA) is 39.7 Å². The van der Waals surface area contributed by atoms with Gasteiger partial charge in [0.1, 0.15) is 0 Å². The molecule has 110 valence electrons. The summed E-state index contributed by atoms with van der Waals surface area (Å²) < 4.78 is 16.2. The van der Waals surface area contributed by atoms with Crippen molar-refractivity contribution in [2.45, 2.75) is 20.4 Å². The van der Waals surface area contributed by atoms with E-state index in [1.807, 2.05) is 12.1 Å². The van der Waals surface area contributed by atoms with E-state index in [-0.39, 0.29) is 6.79 Å². The highest BCUT2D eigenvalue weighted by atomic mass is 16.7. The highest BCUT2D eigenvalue weighted by molar-refractivity contribution is 5.56. The van der Waals surface area contributed by atoms with Crippen molar-refractivity contribution >= 4 is 5.69 Å². The Hall–Kier alpha value is -2.36. The van der Waals surface area contributed by atoms with E-state index in [2.05, 4.69) is 37.4 Å². The maximum atomic E-state index is 5.44. The summed E-state index contributed by atoms with van der Waals surface area (Å²) in [5.74, 6) is 2.14. The van der Waals surface area contributed by atoms with Crippen molar-refractivity contribution in [3.05, 3.63) is 47.0 Å². The van der Waals surface area contributed by atoms with Crippen LogP contribution in [0.4, 0.5) is 5.69 Å². The number of methoxy groups -OCH3 is 1. The van der Waals surface area contributed by atoms with Crippen LogP contribution in [0.15, 0.2) is 30.3 Å². The van der Waals surface area contributed by atoms with Crippen molar-refractivity contribution < 1.29 is 14.2 Å². The van der Waals surface area contributed by atoms with Gasteiger partial charge >= 0.3 is 0 Å². The maximum Gasteiger partial charge on any atom is 0.231 e. The Morgan fingerprint density at radius 1 is 1.05 bits per heavy atom. The second-order valence-electron chi connectivity index (χ2n) is 5.26. The molecule has 0 spiro atoms. The minimum Gasteiger partial charge on any atom is -0.493 e. The Labute approximate surface area is 124 Å². The minimum atomic E-state index is 0.250. The standard InChI is InChI=1S/C17H19NO3/c1-11-4-12(2)6-14(5-11)18-9-13-7-15(19-3)17-16(8-13)20-10-21-17/h4-8,18H,9-10H2,1-3H3. The lowest BCUT2D eigenvalue weighted by molar-refractivity contribution is 0.171. The lowest BCUT2D eigenvalue weighted by atomic mass is 10.1. The molecule has 0 saturated carbocycles. The second kappa shape index (κ2) is 5.56. The summed E-state index contributed by atoms with van der Waals surface area (Å²) >= 11 is 0. The van der Waals surface area contributed by atoms with Gasteiger partial charge in [-0.2, -0.15) is 0 Å². The Morgan fingerprint density at radius 3 is 2.52 bits per heavy atom. The van der Waals surface area contributed by atoms with Gasteiger partial charge in [-0.05, 0) is 54.8 Å². The van der Waals surface area contributed by atoms with Crippen LogP contribution in [0, 0.1) is 13.8 Å². The highest BCUT2D eigenvalue weighted by Crippen LogP contribution is 2.41. The fraction of sp³-hybridized carbons (Fsp3) is 0.294. The van der Waals surface area contributed by atoms with E-state index >= 15 is 0 Å². The number of ether oxygens (including phenoxy) is 3. The van der Waals surface area contributed by atoms with E-state index in [9.17, 15) is 0 Å². The molecular formula is C17H19NO3. The fourth-order valence-electron chi connectivity index (χ4n) is 2.57. The molecule has 0 aromatic heterocycles. The smallest absolute Gasteiger partial charge is 0.231 e. The molecule has 1 N–H and O–H groups in total. The van der Waals surface area contributed by atoms with Crippen molar-refractivity contribution in [3.8, 4) is 17.2 Å². The number of hydrogen-bond donors (Lipinski definition) is 1. The molecule has 0 aliphatic carbocycles. The minimum absolute atomic E-state index is 0.250. The van der Waals surface area contributed by atoms with Crippen LogP contribution < -0.4 is 19.5 Å². The van der Waals surface area contributed by atoms with Gasteiger partial charge in [0.05, 0.1) is 7.11 Å². The molecule has 4 nitrogen and oxygen atoms in total. The molecule has 3 rings (SSSR count). The van der Waals surface area contributed by atoms with E-state index in [1.165, 1.54) is 11.1 Å². The van der Waals surface area contributed by atoms with E-state index in [0.717, 1.165) is 17.0 Å². The van der Waals surface area contributed by atoms with Crippen LogP contribution in [0.25, 0.3) is 0 Å². The van der Waals surface area contributed by atoms with Gasteiger partial charge in [-0.3, -0.25) is 0 Å². The van der Waals surface area contributed by atoms with Gasteiger partial charge in [0.2, 0.25) is 12.5 Å². The van der Waals surface area contributed by atoms with Crippen LogP contribution in [0.3, 0.4) is 0 Å². The average molecular weight is 285 g/mol. The van der Waals surface area contributed by atoms with Crippen LogP contribution in [0.2, 0.25) is 0 Å². The van der Waals surface area contributed by atoms with Crippen LogP contribution in [0.1, 0.15) is 16.7 Å². The van der Waals surface area contributed by atoms with Crippen molar-refractivity contribution in [3.63, 3.8) is 0 Å². The molecule has 4 heteroatoms. The van der Waals surface area contributed by atoms with Crippen LogP contribution in [-0.4, -0.2) is 13.9 Å². The lowest BCUT2D eigenvalue weighted by Gasteiger charge is -2.11. The van der Waals surface area contributed by atoms with Crippen LogP contribution >= 0.6 is 0 Å². The van der Waals surface area contributed by atoms with Gasteiger partial charge in [0, 0.05) is 12.2 Å². The summed E-state index contributed by atoms with van der Waals surface area (Å²) in [6.07, 6.45) is 0. The third kappa shape index (κ3) is 2.89. The molecule has 21 heavy (non-hydrogen) atoms. The number of hydrogen-bond acceptors (Lipinski definition) is 4. The molecule has 0 unspecified atom stereocenters. The molecule has 0 amide bonds. The van der Waals surface area contributed by atoms with E-state index in [4.69, 9.17) is 14.2 Å². The quantitative estimate of drug-likeness (QED) is 0.930. The van der Waals surface area contributed by atoms with Gasteiger partial charge in [0.25, 0.3) is 0 Å². The first-order chi connectivity index (χ1) is 10.2. The predicted octanol–water partition coefficient (Wildman–Crippen LogP) is 3.65. The van der Waals surface area contributed by atoms with Crippen molar-refractivity contribution in [1.29, 1.82) is 0 Å². The van der Waals surface area contributed by atoms with Crippen molar-refractivity contribution in [1.82, 2.24) is 0 Å². The summed E-state index contributed by atoms with van der Waals surface area (Å²) in [5, 5.41) is 3.43. The third-order valence-electron chi connectivity index (χ3n) is 3.44. The van der Waals surface area contributed by atoms with Crippen LogP contribution in [0.5, 0.6) is 17.2 Å². The lowest BCUT2D eigenvalue weighted by Crippen LogP contribution is -2.00. The maximum absolute atomic E-state index is 5.44. The molecule has 0 atom stereocenters. The summed E-state index contributed by atoms with van der Waals surface area (Å²) in [4.78, 5) is 0.